The van der Waals surface area contributed by atoms with Crippen molar-refractivity contribution in [1.29, 1.82) is 0 Å². The first-order valence-corrected chi connectivity index (χ1v) is 5.38. The predicted octanol–water partition coefficient (Wildman–Crippen LogP) is 0.645. The number of nitro groups is 1. The van der Waals surface area contributed by atoms with Crippen LogP contribution in [0, 0.1) is 16.2 Å². The smallest absolute Gasteiger partial charge is 0.258 e. The predicted molar refractivity (Wildman–Crippen MR) is 52.8 cm³/mol. The van der Waals surface area contributed by atoms with Crippen molar-refractivity contribution in [2.24, 2.45) is 0 Å². The summed E-state index contributed by atoms with van der Waals surface area (Å²) >= 11 is 0. The van der Waals surface area contributed by atoms with Crippen molar-refractivity contribution >= 4 is 15.7 Å². The Morgan fingerprint density at radius 3 is 2.53 bits per heavy atom. The van der Waals surface area contributed by atoms with Gasteiger partial charge in [0.1, 0.15) is 0 Å². The van der Waals surface area contributed by atoms with Crippen LogP contribution >= 0.6 is 0 Å². The molecule has 0 bridgehead atoms. The van der Waals surface area contributed by atoms with Crippen molar-refractivity contribution in [2.45, 2.75) is 4.90 Å². The topological polar surface area (TPSA) is 80.5 Å². The van der Waals surface area contributed by atoms with Crippen LogP contribution in [0.5, 0.6) is 0 Å². The van der Waals surface area contributed by atoms with Crippen molar-refractivity contribution < 1.29 is 13.3 Å². The summed E-state index contributed by atoms with van der Waals surface area (Å²) in [6, 6.07) is 5.80. The Hall–Kier alpha value is -1.47. The van der Waals surface area contributed by atoms with Crippen LogP contribution in [0.2, 0.25) is 0 Å². The first-order chi connectivity index (χ1) is 6.85. The van der Waals surface area contributed by atoms with Crippen molar-refractivity contribution in [3.63, 3.8) is 0 Å². The highest BCUT2D eigenvalue weighted by molar-refractivity contribution is 7.89. The maximum absolute atomic E-state index is 11.6. The molecule has 0 aromatic heterocycles. The van der Waals surface area contributed by atoms with Gasteiger partial charge in [-0.2, -0.15) is 0 Å². The Labute approximate surface area is 87.3 Å². The highest BCUT2D eigenvalue weighted by Crippen LogP contribution is 2.18. The normalized spacial score (nSPS) is 11.7. The van der Waals surface area contributed by atoms with E-state index in [2.05, 4.69) is 6.07 Å². The lowest BCUT2D eigenvalue weighted by molar-refractivity contribution is -0.385. The average molecular weight is 229 g/mol. The molecule has 6 nitrogen and oxygen atoms in total. The van der Waals surface area contributed by atoms with E-state index in [1.807, 2.05) is 0 Å². The Kier molecular flexibility index (Phi) is 3.06. The SMILES string of the molecule is CN(C)S(=O)(=O)c1cc[c]c([N+](=O)[O-])c1. The fourth-order valence-electron chi connectivity index (χ4n) is 0.910. The van der Waals surface area contributed by atoms with E-state index in [0.717, 1.165) is 10.4 Å². The van der Waals surface area contributed by atoms with Crippen molar-refractivity contribution in [3.05, 3.63) is 34.4 Å². The van der Waals surface area contributed by atoms with Gasteiger partial charge in [-0.3, -0.25) is 10.1 Å². The van der Waals surface area contributed by atoms with Gasteiger partial charge >= 0.3 is 0 Å². The first kappa shape index (κ1) is 11.6. The summed E-state index contributed by atoms with van der Waals surface area (Å²) in [4.78, 5) is 9.62. The van der Waals surface area contributed by atoms with Gasteiger partial charge in [-0.25, -0.2) is 12.7 Å². The number of benzene rings is 1. The second-order valence-corrected chi connectivity index (χ2v) is 5.11. The minimum absolute atomic E-state index is 0.113. The van der Waals surface area contributed by atoms with Crippen LogP contribution in [0.4, 0.5) is 5.69 Å². The average Bonchev–Trinajstić information content (AvgIpc) is 2.17. The molecule has 0 amide bonds. The molecule has 15 heavy (non-hydrogen) atoms. The molecule has 7 heteroatoms. The van der Waals surface area contributed by atoms with E-state index >= 15 is 0 Å². The van der Waals surface area contributed by atoms with Crippen LogP contribution in [0.15, 0.2) is 23.1 Å². The fraction of sp³-hybridized carbons (Fsp3) is 0.250. The molecule has 0 aliphatic rings. The van der Waals surface area contributed by atoms with E-state index in [1.165, 1.54) is 26.2 Å². The number of nitrogens with zero attached hydrogens (tertiary/aromatic N) is 2. The minimum Gasteiger partial charge on any atom is -0.258 e. The molecule has 0 saturated carbocycles. The van der Waals surface area contributed by atoms with Gasteiger partial charge in [0.2, 0.25) is 10.0 Å². The molecule has 1 radical (unpaired) electrons. The maximum atomic E-state index is 11.6. The van der Waals surface area contributed by atoms with Crippen LogP contribution in [0.25, 0.3) is 0 Å². The van der Waals surface area contributed by atoms with Gasteiger partial charge in [-0.15, -0.1) is 0 Å². The third-order valence-corrected chi connectivity index (χ3v) is 3.54. The lowest BCUT2D eigenvalue weighted by atomic mass is 10.3. The number of rotatable bonds is 3. The van der Waals surface area contributed by atoms with E-state index < -0.39 is 14.9 Å². The molecule has 0 spiro atoms. The van der Waals surface area contributed by atoms with Gasteiger partial charge < -0.3 is 0 Å². The standard InChI is InChI=1S/C8H9N2O4S/c1-9(2)15(13,14)8-5-3-4-7(6-8)10(11)12/h3,5-6H,1-2H3. The van der Waals surface area contributed by atoms with Crippen LogP contribution in [0.3, 0.4) is 0 Å². The molecule has 0 aliphatic carbocycles. The molecule has 1 aromatic rings. The Balaban J connectivity index is 3.29. The molecule has 0 saturated heterocycles. The van der Waals surface area contributed by atoms with Crippen LogP contribution in [-0.4, -0.2) is 31.7 Å². The van der Waals surface area contributed by atoms with Gasteiger partial charge in [0.25, 0.3) is 5.69 Å². The lowest BCUT2D eigenvalue weighted by Crippen LogP contribution is -2.22. The third kappa shape index (κ3) is 2.31. The second kappa shape index (κ2) is 3.95. The van der Waals surface area contributed by atoms with Crippen LogP contribution in [-0.2, 0) is 10.0 Å². The summed E-state index contributed by atoms with van der Waals surface area (Å²) in [5.74, 6) is 0. The quantitative estimate of drug-likeness (QED) is 0.562. The van der Waals surface area contributed by atoms with E-state index in [-0.39, 0.29) is 10.6 Å². The number of nitro benzene ring substituents is 1. The Morgan fingerprint density at radius 2 is 2.07 bits per heavy atom. The highest BCUT2D eigenvalue weighted by atomic mass is 32.2. The van der Waals surface area contributed by atoms with E-state index in [1.54, 1.807) is 0 Å². The first-order valence-electron chi connectivity index (χ1n) is 3.94. The van der Waals surface area contributed by atoms with E-state index in [9.17, 15) is 18.5 Å². The second-order valence-electron chi connectivity index (χ2n) is 2.95. The molecule has 81 valence electrons. The van der Waals surface area contributed by atoms with Crippen molar-refractivity contribution in [3.8, 4) is 0 Å². The summed E-state index contributed by atoms with van der Waals surface area (Å²) in [5.41, 5.74) is -0.363. The van der Waals surface area contributed by atoms with Gasteiger partial charge in [0.15, 0.2) is 0 Å². The largest absolute Gasteiger partial charge is 0.278 e. The molecular weight excluding hydrogens is 220 g/mol. The summed E-state index contributed by atoms with van der Waals surface area (Å²) in [7, 11) is -0.906. The van der Waals surface area contributed by atoms with Crippen molar-refractivity contribution in [1.82, 2.24) is 4.31 Å². The monoisotopic (exact) mass is 229 g/mol. The van der Waals surface area contributed by atoms with E-state index in [4.69, 9.17) is 0 Å². The number of sulfonamides is 1. The molecule has 0 aliphatic heterocycles. The number of non-ortho nitro benzene ring substituents is 1. The van der Waals surface area contributed by atoms with Gasteiger partial charge in [-0.05, 0) is 12.1 Å². The van der Waals surface area contributed by atoms with Gasteiger partial charge in [-0.1, -0.05) is 0 Å². The molecule has 1 rings (SSSR count). The number of hydrogen-bond donors (Lipinski definition) is 0. The maximum Gasteiger partial charge on any atom is 0.278 e. The molecule has 1 aromatic carbocycles. The summed E-state index contributed by atoms with van der Waals surface area (Å²) < 4.78 is 24.2. The lowest BCUT2D eigenvalue weighted by Gasteiger charge is -2.10. The molecule has 0 unspecified atom stereocenters. The Bertz CT molecular complexity index is 481. The van der Waals surface area contributed by atoms with Crippen molar-refractivity contribution in [2.75, 3.05) is 14.1 Å². The zero-order valence-electron chi connectivity index (χ0n) is 8.17. The zero-order chi connectivity index (χ0) is 11.6. The summed E-state index contributed by atoms with van der Waals surface area (Å²) in [6.07, 6.45) is 0. The summed E-state index contributed by atoms with van der Waals surface area (Å²) in [6.45, 7) is 0. The van der Waals surface area contributed by atoms with E-state index in [0.29, 0.717) is 0 Å². The molecular formula is C8H9N2O4S. The third-order valence-electron chi connectivity index (χ3n) is 1.73. The minimum atomic E-state index is -3.62. The molecule has 0 heterocycles. The number of hydrogen-bond acceptors (Lipinski definition) is 4. The zero-order valence-corrected chi connectivity index (χ0v) is 8.98. The summed E-state index contributed by atoms with van der Waals surface area (Å²) in [5, 5.41) is 10.4. The molecule has 0 N–H and O–H groups in total. The van der Waals surface area contributed by atoms with Crippen LogP contribution < -0.4 is 0 Å². The molecule has 0 atom stereocenters. The van der Waals surface area contributed by atoms with Gasteiger partial charge in [0.05, 0.1) is 15.9 Å². The Morgan fingerprint density at radius 1 is 1.47 bits per heavy atom. The van der Waals surface area contributed by atoms with Crippen LogP contribution in [0.1, 0.15) is 0 Å². The fourth-order valence-corrected chi connectivity index (χ4v) is 1.83. The van der Waals surface area contributed by atoms with Gasteiger partial charge in [0, 0.05) is 20.2 Å². The molecule has 0 fully saturated rings. The highest BCUT2D eigenvalue weighted by Gasteiger charge is 2.19.